The van der Waals surface area contributed by atoms with Gasteiger partial charge in [0.2, 0.25) is 5.91 Å². The second-order valence-electron chi connectivity index (χ2n) is 7.84. The third-order valence-electron chi connectivity index (χ3n) is 6.21. The summed E-state index contributed by atoms with van der Waals surface area (Å²) in [4.78, 5) is 16.8. The molecule has 3 rings (SSSR count). The number of nitrogens with zero attached hydrogens (tertiary/aromatic N) is 2. The Morgan fingerprint density at radius 1 is 1.00 bits per heavy atom. The highest BCUT2D eigenvalue weighted by atomic mass is 16.5. The number of ether oxygens (including phenoxy) is 1. The molecule has 0 radical (unpaired) electrons. The van der Waals surface area contributed by atoms with Crippen LogP contribution in [-0.2, 0) is 9.53 Å². The Bertz CT molecular complexity index is 388. The fourth-order valence-electron chi connectivity index (χ4n) is 4.45. The number of carbonyl (C=O) groups excluding carboxylic acids is 1. The van der Waals surface area contributed by atoms with Crippen molar-refractivity contribution >= 4 is 5.91 Å². The van der Waals surface area contributed by atoms with E-state index in [-0.39, 0.29) is 17.9 Å². The third-order valence-corrected chi connectivity index (χ3v) is 6.21. The minimum absolute atomic E-state index is 0.0538. The number of piperidine rings is 2. The van der Waals surface area contributed by atoms with E-state index in [1.165, 1.54) is 39.0 Å². The largest absolute Gasteiger partial charge is 0.377 e. The molecule has 0 aromatic heterocycles. The third kappa shape index (κ3) is 4.46. The van der Waals surface area contributed by atoms with Crippen LogP contribution >= 0.6 is 0 Å². The zero-order chi connectivity index (χ0) is 16.2. The SMILES string of the molecule is CC1CCN(CCN2CCC([C@H]3OCC[C@@H]3C(N)=O)CC2)CC1. The van der Waals surface area contributed by atoms with Crippen molar-refractivity contribution in [1.29, 1.82) is 0 Å². The van der Waals surface area contributed by atoms with Crippen LogP contribution in [0.1, 0.15) is 39.0 Å². The summed E-state index contributed by atoms with van der Waals surface area (Å²) in [7, 11) is 0. The summed E-state index contributed by atoms with van der Waals surface area (Å²) in [6, 6.07) is 0. The molecule has 1 amide bonds. The minimum atomic E-state index is -0.172. The van der Waals surface area contributed by atoms with Crippen LogP contribution in [0.3, 0.4) is 0 Å². The number of nitrogens with two attached hydrogens (primary N) is 1. The van der Waals surface area contributed by atoms with Crippen molar-refractivity contribution in [3.63, 3.8) is 0 Å². The van der Waals surface area contributed by atoms with Gasteiger partial charge in [0.05, 0.1) is 12.0 Å². The molecule has 3 fully saturated rings. The number of hydrogen-bond acceptors (Lipinski definition) is 4. The van der Waals surface area contributed by atoms with Gasteiger partial charge < -0.3 is 20.3 Å². The van der Waals surface area contributed by atoms with Gasteiger partial charge >= 0.3 is 0 Å². The van der Waals surface area contributed by atoms with Crippen LogP contribution < -0.4 is 5.73 Å². The molecular weight excluding hydrogens is 290 g/mol. The number of primary amides is 1. The van der Waals surface area contributed by atoms with E-state index >= 15 is 0 Å². The van der Waals surface area contributed by atoms with Gasteiger partial charge in [0.25, 0.3) is 0 Å². The molecule has 2 atom stereocenters. The summed E-state index contributed by atoms with van der Waals surface area (Å²) in [5.41, 5.74) is 5.53. The standard InChI is InChI=1S/C18H33N3O2/c1-14-2-7-20(8-3-14)11-12-21-9-4-15(5-10-21)17-16(18(19)22)6-13-23-17/h14-17H,2-13H2,1H3,(H2,19,22)/t16-,17+/m0/s1. The van der Waals surface area contributed by atoms with Crippen LogP contribution in [-0.4, -0.2) is 67.7 Å². The summed E-state index contributed by atoms with van der Waals surface area (Å²) < 4.78 is 5.84. The van der Waals surface area contributed by atoms with Crippen LogP contribution in [0.25, 0.3) is 0 Å². The van der Waals surface area contributed by atoms with Gasteiger partial charge in [-0.2, -0.15) is 0 Å². The first-order valence-electron chi connectivity index (χ1n) is 9.49. The maximum atomic E-state index is 11.5. The van der Waals surface area contributed by atoms with E-state index in [1.54, 1.807) is 0 Å². The average Bonchev–Trinajstić information content (AvgIpc) is 3.05. The van der Waals surface area contributed by atoms with Gasteiger partial charge in [-0.25, -0.2) is 0 Å². The predicted molar refractivity (Wildman–Crippen MR) is 91.0 cm³/mol. The first-order valence-corrected chi connectivity index (χ1v) is 9.49. The Balaban J connectivity index is 1.38. The summed E-state index contributed by atoms with van der Waals surface area (Å²) in [5, 5.41) is 0. The van der Waals surface area contributed by atoms with Crippen LogP contribution in [0, 0.1) is 17.8 Å². The lowest BCUT2D eigenvalue weighted by molar-refractivity contribution is -0.124. The van der Waals surface area contributed by atoms with E-state index in [0.29, 0.717) is 12.5 Å². The summed E-state index contributed by atoms with van der Waals surface area (Å²) >= 11 is 0. The first kappa shape index (κ1) is 17.2. The monoisotopic (exact) mass is 323 g/mol. The summed E-state index contributed by atoms with van der Waals surface area (Å²) in [5.74, 6) is 1.20. The molecule has 2 N–H and O–H groups in total. The topological polar surface area (TPSA) is 58.8 Å². The van der Waals surface area contributed by atoms with Crippen LogP contribution in [0.2, 0.25) is 0 Å². The molecule has 0 aliphatic carbocycles. The Labute approximate surface area is 140 Å². The number of carbonyl (C=O) groups is 1. The molecule has 0 saturated carbocycles. The van der Waals surface area contributed by atoms with E-state index in [2.05, 4.69) is 16.7 Å². The molecule has 0 unspecified atom stereocenters. The number of amides is 1. The van der Waals surface area contributed by atoms with Gasteiger partial charge in [0.15, 0.2) is 0 Å². The normalized spacial score (nSPS) is 32.4. The lowest BCUT2D eigenvalue weighted by Crippen LogP contribution is -2.45. The van der Waals surface area contributed by atoms with Crippen molar-refractivity contribution in [2.75, 3.05) is 45.9 Å². The van der Waals surface area contributed by atoms with E-state index in [1.807, 2.05) is 0 Å². The number of likely N-dealkylation sites (tertiary alicyclic amines) is 2. The lowest BCUT2D eigenvalue weighted by Gasteiger charge is -2.37. The van der Waals surface area contributed by atoms with E-state index in [4.69, 9.17) is 10.5 Å². The molecule has 3 aliphatic heterocycles. The van der Waals surface area contributed by atoms with Crippen molar-refractivity contribution in [3.05, 3.63) is 0 Å². The van der Waals surface area contributed by atoms with Gasteiger partial charge in [-0.3, -0.25) is 4.79 Å². The molecule has 5 heteroatoms. The average molecular weight is 323 g/mol. The van der Waals surface area contributed by atoms with E-state index in [0.717, 1.165) is 38.3 Å². The van der Waals surface area contributed by atoms with E-state index < -0.39 is 0 Å². The Hall–Kier alpha value is -0.650. The number of hydrogen-bond donors (Lipinski definition) is 1. The zero-order valence-corrected chi connectivity index (χ0v) is 14.6. The maximum Gasteiger partial charge on any atom is 0.223 e. The fraction of sp³-hybridized carbons (Fsp3) is 0.944. The molecule has 132 valence electrons. The molecule has 5 nitrogen and oxygen atoms in total. The second kappa shape index (κ2) is 7.95. The van der Waals surface area contributed by atoms with Gasteiger partial charge in [-0.15, -0.1) is 0 Å². The minimum Gasteiger partial charge on any atom is -0.377 e. The fourth-order valence-corrected chi connectivity index (χ4v) is 4.45. The quantitative estimate of drug-likeness (QED) is 0.829. The van der Waals surface area contributed by atoms with Crippen molar-refractivity contribution in [2.24, 2.45) is 23.5 Å². The van der Waals surface area contributed by atoms with Gasteiger partial charge in [-0.1, -0.05) is 6.92 Å². The zero-order valence-electron chi connectivity index (χ0n) is 14.6. The Morgan fingerprint density at radius 2 is 1.57 bits per heavy atom. The predicted octanol–water partition coefficient (Wildman–Crippen LogP) is 1.32. The molecular formula is C18H33N3O2. The molecule has 0 spiro atoms. The summed E-state index contributed by atoms with van der Waals surface area (Å²) in [6.07, 6.45) is 5.90. The van der Waals surface area contributed by atoms with Crippen molar-refractivity contribution in [3.8, 4) is 0 Å². The van der Waals surface area contributed by atoms with E-state index in [9.17, 15) is 4.79 Å². The molecule has 0 bridgehead atoms. The van der Waals surface area contributed by atoms with Crippen molar-refractivity contribution in [2.45, 2.75) is 45.1 Å². The second-order valence-corrected chi connectivity index (χ2v) is 7.84. The number of rotatable bonds is 5. The van der Waals surface area contributed by atoms with Crippen LogP contribution in [0.15, 0.2) is 0 Å². The van der Waals surface area contributed by atoms with Crippen LogP contribution in [0.4, 0.5) is 0 Å². The van der Waals surface area contributed by atoms with Crippen molar-refractivity contribution in [1.82, 2.24) is 9.80 Å². The lowest BCUT2D eigenvalue weighted by atomic mass is 9.84. The smallest absolute Gasteiger partial charge is 0.223 e. The van der Waals surface area contributed by atoms with Crippen molar-refractivity contribution < 1.29 is 9.53 Å². The highest BCUT2D eigenvalue weighted by Crippen LogP contribution is 2.32. The maximum absolute atomic E-state index is 11.5. The molecule has 3 aliphatic rings. The molecule has 3 saturated heterocycles. The highest BCUT2D eigenvalue weighted by molar-refractivity contribution is 5.77. The highest BCUT2D eigenvalue weighted by Gasteiger charge is 2.39. The van der Waals surface area contributed by atoms with Gasteiger partial charge in [0, 0.05) is 19.7 Å². The molecule has 0 aromatic carbocycles. The first-order chi connectivity index (χ1) is 11.1. The molecule has 3 heterocycles. The Kier molecular flexibility index (Phi) is 5.94. The Morgan fingerprint density at radius 3 is 2.13 bits per heavy atom. The molecule has 0 aromatic rings. The van der Waals surface area contributed by atoms with Crippen LogP contribution in [0.5, 0.6) is 0 Å². The molecule has 23 heavy (non-hydrogen) atoms. The summed E-state index contributed by atoms with van der Waals surface area (Å²) in [6.45, 7) is 10.3. The van der Waals surface area contributed by atoms with Gasteiger partial charge in [0.1, 0.15) is 0 Å². The van der Waals surface area contributed by atoms with Gasteiger partial charge in [-0.05, 0) is 70.1 Å².